The van der Waals surface area contributed by atoms with Crippen molar-refractivity contribution in [1.82, 2.24) is 0 Å². The van der Waals surface area contributed by atoms with Crippen LogP contribution in [0.15, 0.2) is 24.3 Å². The summed E-state index contributed by atoms with van der Waals surface area (Å²) in [6, 6.07) is 7.58. The van der Waals surface area contributed by atoms with E-state index in [1.54, 1.807) is 0 Å². The lowest BCUT2D eigenvalue weighted by atomic mass is 10.3. The normalized spacial score (nSPS) is 14.4. The third kappa shape index (κ3) is 3.77. The summed E-state index contributed by atoms with van der Waals surface area (Å²) in [4.78, 5) is 11.4. The van der Waals surface area contributed by atoms with E-state index < -0.39 is 0 Å². The van der Waals surface area contributed by atoms with Crippen LogP contribution in [0.5, 0.6) is 5.75 Å². The molecule has 2 rings (SSSR count). The topological polar surface area (TPSA) is 38.3 Å². The van der Waals surface area contributed by atoms with E-state index >= 15 is 0 Å². The van der Waals surface area contributed by atoms with Crippen molar-refractivity contribution in [1.29, 1.82) is 0 Å². The second kappa shape index (κ2) is 5.71. The maximum absolute atomic E-state index is 11.4. The van der Waals surface area contributed by atoms with Crippen molar-refractivity contribution >= 4 is 11.7 Å². The number of hydrogen-bond acceptors (Lipinski definition) is 3. The average Bonchev–Trinajstić information content (AvgIpc) is 3.16. The van der Waals surface area contributed by atoms with Gasteiger partial charge >= 0.3 is 5.97 Å². The predicted molar refractivity (Wildman–Crippen MR) is 68.2 cm³/mol. The minimum Gasteiger partial charge on any atom is -0.426 e. The van der Waals surface area contributed by atoms with Gasteiger partial charge in [0.1, 0.15) is 5.75 Å². The van der Waals surface area contributed by atoms with E-state index in [0.717, 1.165) is 25.1 Å². The van der Waals surface area contributed by atoms with Crippen LogP contribution in [0.25, 0.3) is 0 Å². The van der Waals surface area contributed by atoms with Crippen molar-refractivity contribution in [3.05, 3.63) is 24.3 Å². The lowest BCUT2D eigenvalue weighted by Crippen LogP contribution is -2.09. The van der Waals surface area contributed by atoms with Crippen LogP contribution in [-0.2, 0) is 4.79 Å². The highest BCUT2D eigenvalue weighted by Crippen LogP contribution is 2.30. The molecule has 0 bridgehead atoms. The molecule has 0 spiro atoms. The Hall–Kier alpha value is -1.51. The molecule has 1 aromatic carbocycles. The molecule has 0 aromatic heterocycles. The number of carbonyl (C=O) groups excluding carboxylic acids is 1. The Bertz CT molecular complexity index is 368. The van der Waals surface area contributed by atoms with E-state index in [1.807, 2.05) is 24.3 Å². The number of ether oxygens (including phenoxy) is 1. The minimum absolute atomic E-state index is 0.0864. The fourth-order valence-corrected chi connectivity index (χ4v) is 1.57. The number of benzene rings is 1. The molecule has 0 radical (unpaired) electrons. The van der Waals surface area contributed by atoms with Crippen molar-refractivity contribution in [3.8, 4) is 5.75 Å². The molecule has 92 valence electrons. The smallest absolute Gasteiger partial charge is 0.314 e. The van der Waals surface area contributed by atoms with Crippen molar-refractivity contribution in [3.63, 3.8) is 0 Å². The highest BCUT2D eigenvalue weighted by molar-refractivity contribution is 5.77. The highest BCUT2D eigenvalue weighted by Gasteiger charge is 2.31. The van der Waals surface area contributed by atoms with Gasteiger partial charge in [-0.15, -0.1) is 0 Å². The molecule has 17 heavy (non-hydrogen) atoms. The summed E-state index contributed by atoms with van der Waals surface area (Å²) in [6.07, 6.45) is 4.31. The molecule has 1 fully saturated rings. The van der Waals surface area contributed by atoms with Crippen LogP contribution in [-0.4, -0.2) is 12.5 Å². The van der Waals surface area contributed by atoms with E-state index in [1.165, 1.54) is 12.8 Å². The van der Waals surface area contributed by atoms with E-state index in [-0.39, 0.29) is 11.9 Å². The van der Waals surface area contributed by atoms with E-state index in [9.17, 15) is 4.79 Å². The Balaban J connectivity index is 1.82. The van der Waals surface area contributed by atoms with Crippen LogP contribution in [0.1, 0.15) is 32.6 Å². The standard InChI is InChI=1S/C14H19NO2/c1-2-3-10-15-12-6-8-13(9-7-12)17-14(16)11-4-5-11/h6-9,11,15H,2-5,10H2,1H3. The van der Waals surface area contributed by atoms with Gasteiger partial charge in [-0.3, -0.25) is 4.79 Å². The van der Waals surface area contributed by atoms with Crippen LogP contribution in [0, 0.1) is 5.92 Å². The van der Waals surface area contributed by atoms with Gasteiger partial charge in [0.05, 0.1) is 5.92 Å². The number of hydrogen-bond donors (Lipinski definition) is 1. The molecular formula is C14H19NO2. The maximum Gasteiger partial charge on any atom is 0.314 e. The molecular weight excluding hydrogens is 214 g/mol. The summed E-state index contributed by atoms with van der Waals surface area (Å²) in [5.41, 5.74) is 1.07. The van der Waals surface area contributed by atoms with E-state index in [4.69, 9.17) is 4.74 Å². The lowest BCUT2D eigenvalue weighted by Gasteiger charge is -2.07. The summed E-state index contributed by atoms with van der Waals surface area (Å²) in [7, 11) is 0. The van der Waals surface area contributed by atoms with Crippen molar-refractivity contribution in [2.75, 3.05) is 11.9 Å². The molecule has 3 heteroatoms. The third-order valence-electron chi connectivity index (χ3n) is 2.84. The number of esters is 1. The fraction of sp³-hybridized carbons (Fsp3) is 0.500. The number of rotatable bonds is 6. The van der Waals surface area contributed by atoms with Gasteiger partial charge < -0.3 is 10.1 Å². The van der Waals surface area contributed by atoms with Crippen molar-refractivity contribution < 1.29 is 9.53 Å². The Morgan fingerprint density at radius 3 is 2.65 bits per heavy atom. The quantitative estimate of drug-likeness (QED) is 0.466. The SMILES string of the molecule is CCCCNc1ccc(OC(=O)C2CC2)cc1. The van der Waals surface area contributed by atoms with Crippen LogP contribution in [0.2, 0.25) is 0 Å². The summed E-state index contributed by atoms with van der Waals surface area (Å²) in [5, 5.41) is 3.32. The van der Waals surface area contributed by atoms with Gasteiger partial charge in [0.15, 0.2) is 0 Å². The van der Waals surface area contributed by atoms with Crippen molar-refractivity contribution in [2.45, 2.75) is 32.6 Å². The van der Waals surface area contributed by atoms with Crippen LogP contribution in [0.4, 0.5) is 5.69 Å². The minimum atomic E-state index is -0.0864. The molecule has 0 saturated heterocycles. The maximum atomic E-state index is 11.4. The zero-order valence-electron chi connectivity index (χ0n) is 10.2. The van der Waals surface area contributed by atoms with Gasteiger partial charge in [-0.25, -0.2) is 0 Å². The number of nitrogens with one attached hydrogen (secondary N) is 1. The number of anilines is 1. The third-order valence-corrected chi connectivity index (χ3v) is 2.84. The number of carbonyl (C=O) groups is 1. The van der Waals surface area contributed by atoms with Gasteiger partial charge in [0.25, 0.3) is 0 Å². The largest absolute Gasteiger partial charge is 0.426 e. The van der Waals surface area contributed by atoms with Gasteiger partial charge in [0.2, 0.25) is 0 Å². The fourth-order valence-electron chi connectivity index (χ4n) is 1.57. The zero-order valence-corrected chi connectivity index (χ0v) is 10.2. The average molecular weight is 233 g/mol. The first-order valence-electron chi connectivity index (χ1n) is 6.35. The van der Waals surface area contributed by atoms with Gasteiger partial charge in [0, 0.05) is 12.2 Å². The summed E-state index contributed by atoms with van der Waals surface area (Å²) >= 11 is 0. The Morgan fingerprint density at radius 1 is 1.35 bits per heavy atom. The first-order valence-corrected chi connectivity index (χ1v) is 6.35. The van der Waals surface area contributed by atoms with E-state index in [2.05, 4.69) is 12.2 Å². The molecule has 1 saturated carbocycles. The van der Waals surface area contributed by atoms with Crippen LogP contribution in [0.3, 0.4) is 0 Å². The van der Waals surface area contributed by atoms with Crippen LogP contribution < -0.4 is 10.1 Å². The Labute approximate surface area is 102 Å². The zero-order chi connectivity index (χ0) is 12.1. The monoisotopic (exact) mass is 233 g/mol. The summed E-state index contributed by atoms with van der Waals surface area (Å²) in [6.45, 7) is 3.15. The molecule has 0 amide bonds. The molecule has 1 aliphatic carbocycles. The number of unbranched alkanes of at least 4 members (excludes halogenated alkanes) is 1. The van der Waals surface area contributed by atoms with Gasteiger partial charge in [-0.2, -0.15) is 0 Å². The van der Waals surface area contributed by atoms with Crippen molar-refractivity contribution in [2.24, 2.45) is 5.92 Å². The van der Waals surface area contributed by atoms with Crippen LogP contribution >= 0.6 is 0 Å². The molecule has 0 unspecified atom stereocenters. The molecule has 1 aliphatic rings. The Morgan fingerprint density at radius 2 is 2.06 bits per heavy atom. The molecule has 0 aliphatic heterocycles. The Kier molecular flexibility index (Phi) is 4.02. The molecule has 1 aromatic rings. The molecule has 3 nitrogen and oxygen atoms in total. The molecule has 0 heterocycles. The summed E-state index contributed by atoms with van der Waals surface area (Å²) < 4.78 is 5.25. The molecule has 1 N–H and O–H groups in total. The first-order chi connectivity index (χ1) is 8.29. The first kappa shape index (κ1) is 12.0. The summed E-state index contributed by atoms with van der Waals surface area (Å²) in [5.74, 6) is 0.706. The van der Waals surface area contributed by atoms with E-state index in [0.29, 0.717) is 5.75 Å². The molecule has 0 atom stereocenters. The highest BCUT2D eigenvalue weighted by atomic mass is 16.5. The second-order valence-electron chi connectivity index (χ2n) is 4.50. The van der Waals surface area contributed by atoms with Gasteiger partial charge in [-0.05, 0) is 43.5 Å². The lowest BCUT2D eigenvalue weighted by molar-refractivity contribution is -0.135. The predicted octanol–water partition coefficient (Wildman–Crippen LogP) is 3.21. The van der Waals surface area contributed by atoms with Gasteiger partial charge in [-0.1, -0.05) is 13.3 Å². The second-order valence-corrected chi connectivity index (χ2v) is 4.50.